The van der Waals surface area contributed by atoms with Crippen molar-refractivity contribution in [1.29, 1.82) is 0 Å². The number of rotatable bonds is 2. The molecule has 0 fully saturated rings. The highest BCUT2D eigenvalue weighted by atomic mass is 79.9. The molecule has 1 aromatic carbocycles. The van der Waals surface area contributed by atoms with Crippen LogP contribution in [0.4, 0.5) is 0 Å². The molecule has 0 amide bonds. The third kappa shape index (κ3) is 2.11. The van der Waals surface area contributed by atoms with Gasteiger partial charge in [0.1, 0.15) is 0 Å². The molecule has 0 saturated heterocycles. The number of hydrogen-bond acceptors (Lipinski definition) is 3. The van der Waals surface area contributed by atoms with Gasteiger partial charge < -0.3 is 10.3 Å². The Morgan fingerprint density at radius 3 is 2.80 bits per heavy atom. The van der Waals surface area contributed by atoms with Gasteiger partial charge in [-0.25, -0.2) is 0 Å². The Balaban J connectivity index is 2.45. The van der Waals surface area contributed by atoms with Gasteiger partial charge in [0.15, 0.2) is 5.76 Å². The fourth-order valence-electron chi connectivity index (χ4n) is 1.38. The van der Waals surface area contributed by atoms with E-state index in [1.165, 1.54) is 0 Å². The summed E-state index contributed by atoms with van der Waals surface area (Å²) in [6.07, 6.45) is 0. The second-order valence-corrected chi connectivity index (χ2v) is 4.20. The molecule has 0 unspecified atom stereocenters. The topological polar surface area (TPSA) is 52.0 Å². The van der Waals surface area contributed by atoms with E-state index in [0.717, 1.165) is 27.1 Å². The Bertz CT molecular complexity index is 479. The first-order valence-electron chi connectivity index (χ1n) is 4.63. The van der Waals surface area contributed by atoms with Crippen molar-refractivity contribution in [3.8, 4) is 11.3 Å². The van der Waals surface area contributed by atoms with Crippen LogP contribution in [0.1, 0.15) is 11.3 Å². The van der Waals surface area contributed by atoms with E-state index in [4.69, 9.17) is 10.3 Å². The van der Waals surface area contributed by atoms with Gasteiger partial charge in [0.2, 0.25) is 0 Å². The smallest absolute Gasteiger partial charge is 0.167 e. The van der Waals surface area contributed by atoms with E-state index in [9.17, 15) is 0 Å². The van der Waals surface area contributed by atoms with Crippen molar-refractivity contribution in [3.05, 3.63) is 40.0 Å². The summed E-state index contributed by atoms with van der Waals surface area (Å²) in [6.45, 7) is 2.40. The zero-order valence-electron chi connectivity index (χ0n) is 8.33. The van der Waals surface area contributed by atoms with E-state index in [0.29, 0.717) is 6.54 Å². The average Bonchev–Trinajstić information content (AvgIpc) is 2.66. The number of nitrogens with zero attached hydrogens (tertiary/aromatic N) is 1. The second kappa shape index (κ2) is 4.16. The lowest BCUT2D eigenvalue weighted by atomic mass is 10.1. The molecule has 15 heavy (non-hydrogen) atoms. The number of benzene rings is 1. The molecule has 0 aliphatic carbocycles. The monoisotopic (exact) mass is 266 g/mol. The molecule has 0 atom stereocenters. The second-order valence-electron chi connectivity index (χ2n) is 3.34. The normalized spacial score (nSPS) is 10.6. The van der Waals surface area contributed by atoms with Crippen LogP contribution >= 0.6 is 15.9 Å². The summed E-state index contributed by atoms with van der Waals surface area (Å²) in [5.41, 5.74) is 8.56. The lowest BCUT2D eigenvalue weighted by Crippen LogP contribution is -1.97. The Morgan fingerprint density at radius 1 is 1.40 bits per heavy atom. The molecular formula is C11H11BrN2O. The number of nitrogens with two attached hydrogens (primary N) is 1. The van der Waals surface area contributed by atoms with Gasteiger partial charge in [-0.15, -0.1) is 0 Å². The fourth-order valence-corrected chi connectivity index (χ4v) is 1.79. The molecule has 2 N–H and O–H groups in total. The number of aromatic nitrogens is 1. The molecule has 2 rings (SSSR count). The third-order valence-corrected chi connectivity index (χ3v) is 2.95. The standard InChI is InChI=1S/C11H11BrN2O/c1-7-4-11(15-14-7)8-2-3-10(12)9(5-8)6-13/h2-5H,6,13H2,1H3. The van der Waals surface area contributed by atoms with Gasteiger partial charge in [0.25, 0.3) is 0 Å². The van der Waals surface area contributed by atoms with Crippen molar-refractivity contribution in [1.82, 2.24) is 5.16 Å². The van der Waals surface area contributed by atoms with Crippen LogP contribution in [0.25, 0.3) is 11.3 Å². The fraction of sp³-hybridized carbons (Fsp3) is 0.182. The first-order valence-corrected chi connectivity index (χ1v) is 5.42. The minimum atomic E-state index is 0.502. The van der Waals surface area contributed by atoms with E-state index < -0.39 is 0 Å². The Labute approximate surface area is 96.4 Å². The molecule has 4 heteroatoms. The maximum absolute atomic E-state index is 5.63. The summed E-state index contributed by atoms with van der Waals surface area (Å²) in [6, 6.07) is 7.85. The molecule has 0 aliphatic rings. The largest absolute Gasteiger partial charge is 0.356 e. The SMILES string of the molecule is Cc1cc(-c2ccc(Br)c(CN)c2)on1. The first-order chi connectivity index (χ1) is 7.20. The van der Waals surface area contributed by atoms with Gasteiger partial charge in [-0.2, -0.15) is 0 Å². The lowest BCUT2D eigenvalue weighted by molar-refractivity contribution is 0.427. The van der Waals surface area contributed by atoms with Gasteiger partial charge in [0, 0.05) is 22.6 Å². The van der Waals surface area contributed by atoms with Crippen molar-refractivity contribution in [3.63, 3.8) is 0 Å². The van der Waals surface area contributed by atoms with E-state index in [2.05, 4.69) is 21.1 Å². The summed E-state index contributed by atoms with van der Waals surface area (Å²) in [5, 5.41) is 3.85. The van der Waals surface area contributed by atoms with Crippen LogP contribution in [0.2, 0.25) is 0 Å². The van der Waals surface area contributed by atoms with E-state index >= 15 is 0 Å². The summed E-state index contributed by atoms with van der Waals surface area (Å²) in [4.78, 5) is 0. The number of hydrogen-bond donors (Lipinski definition) is 1. The molecule has 3 nitrogen and oxygen atoms in total. The van der Waals surface area contributed by atoms with Crippen molar-refractivity contribution >= 4 is 15.9 Å². The zero-order valence-corrected chi connectivity index (χ0v) is 9.91. The van der Waals surface area contributed by atoms with Crippen LogP contribution in [-0.4, -0.2) is 5.16 Å². The summed E-state index contributed by atoms with van der Waals surface area (Å²) in [7, 11) is 0. The van der Waals surface area contributed by atoms with E-state index in [1.54, 1.807) is 0 Å². The van der Waals surface area contributed by atoms with Crippen LogP contribution in [0.15, 0.2) is 33.3 Å². The van der Waals surface area contributed by atoms with Crippen molar-refractivity contribution in [2.45, 2.75) is 13.5 Å². The summed E-state index contributed by atoms with van der Waals surface area (Å²) < 4.78 is 6.20. The molecule has 0 radical (unpaired) electrons. The van der Waals surface area contributed by atoms with Crippen LogP contribution < -0.4 is 5.73 Å². The number of halogens is 1. The predicted molar refractivity (Wildman–Crippen MR) is 62.3 cm³/mol. The molecular weight excluding hydrogens is 256 g/mol. The van der Waals surface area contributed by atoms with Crippen LogP contribution in [0, 0.1) is 6.92 Å². The minimum absolute atomic E-state index is 0.502. The van der Waals surface area contributed by atoms with Crippen molar-refractivity contribution < 1.29 is 4.52 Å². The molecule has 0 spiro atoms. The van der Waals surface area contributed by atoms with Crippen molar-refractivity contribution in [2.24, 2.45) is 5.73 Å². The molecule has 1 heterocycles. The molecule has 1 aromatic heterocycles. The first kappa shape index (κ1) is 10.4. The molecule has 0 aliphatic heterocycles. The van der Waals surface area contributed by atoms with Gasteiger partial charge in [0.05, 0.1) is 5.69 Å². The Kier molecular flexibility index (Phi) is 2.88. The summed E-state index contributed by atoms with van der Waals surface area (Å²) >= 11 is 3.44. The average molecular weight is 267 g/mol. The Hall–Kier alpha value is -1.13. The Morgan fingerprint density at radius 2 is 2.20 bits per heavy atom. The van der Waals surface area contributed by atoms with Gasteiger partial charge in [-0.1, -0.05) is 21.1 Å². The molecule has 2 aromatic rings. The van der Waals surface area contributed by atoms with E-state index in [-0.39, 0.29) is 0 Å². The van der Waals surface area contributed by atoms with Crippen LogP contribution in [0.5, 0.6) is 0 Å². The zero-order chi connectivity index (χ0) is 10.8. The lowest BCUT2D eigenvalue weighted by Gasteiger charge is -2.02. The minimum Gasteiger partial charge on any atom is -0.356 e. The maximum Gasteiger partial charge on any atom is 0.167 e. The summed E-state index contributed by atoms with van der Waals surface area (Å²) in [5.74, 6) is 0.773. The van der Waals surface area contributed by atoms with Crippen LogP contribution in [0.3, 0.4) is 0 Å². The molecule has 78 valence electrons. The highest BCUT2D eigenvalue weighted by molar-refractivity contribution is 9.10. The van der Waals surface area contributed by atoms with Crippen molar-refractivity contribution in [2.75, 3.05) is 0 Å². The van der Waals surface area contributed by atoms with E-state index in [1.807, 2.05) is 31.2 Å². The quantitative estimate of drug-likeness (QED) is 0.910. The highest BCUT2D eigenvalue weighted by Crippen LogP contribution is 2.25. The van der Waals surface area contributed by atoms with Crippen LogP contribution in [-0.2, 0) is 6.54 Å². The van der Waals surface area contributed by atoms with Gasteiger partial charge in [-0.3, -0.25) is 0 Å². The van der Waals surface area contributed by atoms with Gasteiger partial charge in [-0.05, 0) is 30.7 Å². The number of aryl methyl sites for hydroxylation is 1. The van der Waals surface area contributed by atoms with Gasteiger partial charge >= 0.3 is 0 Å². The molecule has 0 bridgehead atoms. The highest BCUT2D eigenvalue weighted by Gasteiger charge is 2.06. The predicted octanol–water partition coefficient (Wildman–Crippen LogP) is 2.87. The molecule has 0 saturated carbocycles. The third-order valence-electron chi connectivity index (χ3n) is 2.18. The maximum atomic E-state index is 5.63.